The molecule has 1 atom stereocenters. The number of benzene rings is 2. The summed E-state index contributed by atoms with van der Waals surface area (Å²) >= 11 is 0. The molecule has 0 aliphatic carbocycles. The van der Waals surface area contributed by atoms with Gasteiger partial charge in [-0.25, -0.2) is 9.78 Å². The minimum atomic E-state index is -0.356. The monoisotopic (exact) mass is 445 g/mol. The lowest BCUT2D eigenvalue weighted by atomic mass is 10.2. The van der Waals surface area contributed by atoms with Crippen LogP contribution in [-0.4, -0.2) is 48.0 Å². The number of ether oxygens (including phenoxy) is 1. The second kappa shape index (κ2) is 10.0. The highest BCUT2D eigenvalue weighted by molar-refractivity contribution is 5.99. The number of anilines is 3. The number of urea groups is 1. The number of carbonyl (C=O) groups is 2. The minimum absolute atomic E-state index is 0.0842. The molecule has 3 amide bonds. The lowest BCUT2D eigenvalue weighted by molar-refractivity contribution is -0.129. The predicted octanol–water partition coefficient (Wildman–Crippen LogP) is 4.57. The van der Waals surface area contributed by atoms with Crippen LogP contribution in [0.2, 0.25) is 0 Å². The summed E-state index contributed by atoms with van der Waals surface area (Å²) < 4.78 is 5.66. The number of hydrogen-bond donors (Lipinski definition) is 2. The van der Waals surface area contributed by atoms with E-state index in [9.17, 15) is 9.59 Å². The van der Waals surface area contributed by atoms with Crippen molar-refractivity contribution >= 4 is 29.0 Å². The SMILES string of the molecule is CC(=O)N(C)C1CCN(c2ccc(NC(=O)Nc3ccc(Oc4ccccc4)nc3)cc2)C1. The molecule has 2 N–H and O–H groups in total. The fraction of sp³-hybridized carbons (Fsp3) is 0.240. The smallest absolute Gasteiger partial charge is 0.323 e. The molecule has 1 aliphatic rings. The molecule has 0 radical (unpaired) electrons. The number of nitrogens with zero attached hydrogens (tertiary/aromatic N) is 3. The van der Waals surface area contributed by atoms with Gasteiger partial charge in [0.05, 0.1) is 17.9 Å². The first kappa shape index (κ1) is 22.1. The van der Waals surface area contributed by atoms with Gasteiger partial charge >= 0.3 is 6.03 Å². The molecule has 0 spiro atoms. The van der Waals surface area contributed by atoms with Gasteiger partial charge in [0.25, 0.3) is 0 Å². The third-order valence-electron chi connectivity index (χ3n) is 5.66. The van der Waals surface area contributed by atoms with E-state index in [0.717, 1.165) is 25.2 Å². The number of hydrogen-bond acceptors (Lipinski definition) is 5. The van der Waals surface area contributed by atoms with Crippen LogP contribution in [0, 0.1) is 0 Å². The molecular weight excluding hydrogens is 418 g/mol. The van der Waals surface area contributed by atoms with Crippen molar-refractivity contribution in [2.75, 3.05) is 35.7 Å². The summed E-state index contributed by atoms with van der Waals surface area (Å²) in [4.78, 5) is 32.2. The quantitative estimate of drug-likeness (QED) is 0.580. The number of carbonyl (C=O) groups excluding carboxylic acids is 2. The molecule has 8 heteroatoms. The van der Waals surface area contributed by atoms with Crippen molar-refractivity contribution in [1.29, 1.82) is 0 Å². The van der Waals surface area contributed by atoms with Gasteiger partial charge in [-0.05, 0) is 48.9 Å². The molecule has 1 unspecified atom stereocenters. The number of para-hydroxylation sites is 1. The Balaban J connectivity index is 1.28. The number of amides is 3. The van der Waals surface area contributed by atoms with Crippen LogP contribution in [0.25, 0.3) is 0 Å². The van der Waals surface area contributed by atoms with Crippen LogP contribution in [0.15, 0.2) is 72.9 Å². The van der Waals surface area contributed by atoms with Gasteiger partial charge in [0.2, 0.25) is 11.8 Å². The van der Waals surface area contributed by atoms with Crippen LogP contribution in [0.4, 0.5) is 21.9 Å². The van der Waals surface area contributed by atoms with E-state index in [0.29, 0.717) is 23.0 Å². The summed E-state index contributed by atoms with van der Waals surface area (Å²) in [6, 6.07) is 20.4. The number of pyridine rings is 1. The Kier molecular flexibility index (Phi) is 6.73. The Hall–Kier alpha value is -4.07. The fourth-order valence-corrected chi connectivity index (χ4v) is 3.72. The third-order valence-corrected chi connectivity index (χ3v) is 5.66. The van der Waals surface area contributed by atoms with E-state index in [1.165, 1.54) is 0 Å². The maximum atomic E-state index is 12.4. The summed E-state index contributed by atoms with van der Waals surface area (Å²) in [6.45, 7) is 3.30. The maximum absolute atomic E-state index is 12.4. The normalized spacial score (nSPS) is 15.1. The minimum Gasteiger partial charge on any atom is -0.439 e. The fourth-order valence-electron chi connectivity index (χ4n) is 3.72. The van der Waals surface area contributed by atoms with Crippen molar-refractivity contribution < 1.29 is 14.3 Å². The molecule has 3 aromatic rings. The average Bonchev–Trinajstić information content (AvgIpc) is 3.31. The van der Waals surface area contributed by atoms with Crippen molar-refractivity contribution in [3.8, 4) is 11.6 Å². The Labute approximate surface area is 193 Å². The lowest BCUT2D eigenvalue weighted by Crippen LogP contribution is -2.37. The molecule has 33 heavy (non-hydrogen) atoms. The van der Waals surface area contributed by atoms with Crippen molar-refractivity contribution in [2.45, 2.75) is 19.4 Å². The van der Waals surface area contributed by atoms with E-state index in [4.69, 9.17) is 4.74 Å². The molecule has 1 aromatic heterocycles. The van der Waals surface area contributed by atoms with Gasteiger partial charge in [0, 0.05) is 44.5 Å². The first-order valence-corrected chi connectivity index (χ1v) is 10.8. The molecule has 1 aliphatic heterocycles. The standard InChI is InChI=1S/C25H27N5O3/c1-18(31)29(2)22-14-15-30(17-22)21-11-8-19(9-12-21)27-25(32)28-20-10-13-24(26-16-20)33-23-6-4-3-5-7-23/h3-13,16,22H,14-15,17H2,1-2H3,(H2,27,28,32). The number of rotatable bonds is 6. The van der Waals surface area contributed by atoms with Crippen LogP contribution >= 0.6 is 0 Å². The summed E-state index contributed by atoms with van der Waals surface area (Å²) in [5, 5.41) is 5.59. The van der Waals surface area contributed by atoms with Crippen LogP contribution in [0.3, 0.4) is 0 Å². The molecule has 1 saturated heterocycles. The van der Waals surface area contributed by atoms with Crippen LogP contribution < -0.4 is 20.3 Å². The van der Waals surface area contributed by atoms with Gasteiger partial charge in [0.15, 0.2) is 0 Å². The molecule has 8 nitrogen and oxygen atoms in total. The highest BCUT2D eigenvalue weighted by atomic mass is 16.5. The number of aromatic nitrogens is 1. The number of nitrogens with one attached hydrogen (secondary N) is 2. The summed E-state index contributed by atoms with van der Waals surface area (Å²) in [5.74, 6) is 1.23. The van der Waals surface area contributed by atoms with Crippen LogP contribution in [0.1, 0.15) is 13.3 Å². The Morgan fingerprint density at radius 2 is 1.70 bits per heavy atom. The van der Waals surface area contributed by atoms with Gasteiger partial charge in [-0.2, -0.15) is 0 Å². The van der Waals surface area contributed by atoms with Gasteiger partial charge in [-0.1, -0.05) is 18.2 Å². The molecule has 0 saturated carbocycles. The summed E-state index contributed by atoms with van der Waals surface area (Å²) in [6.07, 6.45) is 2.49. The predicted molar refractivity (Wildman–Crippen MR) is 129 cm³/mol. The second-order valence-electron chi connectivity index (χ2n) is 7.94. The first-order valence-electron chi connectivity index (χ1n) is 10.8. The van der Waals surface area contributed by atoms with Gasteiger partial charge in [-0.3, -0.25) is 4.79 Å². The van der Waals surface area contributed by atoms with Crippen molar-refractivity contribution in [1.82, 2.24) is 9.88 Å². The maximum Gasteiger partial charge on any atom is 0.323 e. The number of likely N-dealkylation sites (N-methyl/N-ethyl adjacent to an activating group) is 1. The van der Waals surface area contributed by atoms with Gasteiger partial charge in [0.1, 0.15) is 5.75 Å². The molecule has 2 aromatic carbocycles. The van der Waals surface area contributed by atoms with E-state index in [-0.39, 0.29) is 18.0 Å². The molecular formula is C25H27N5O3. The summed E-state index contributed by atoms with van der Waals surface area (Å²) in [5.41, 5.74) is 2.31. The first-order chi connectivity index (χ1) is 16.0. The largest absolute Gasteiger partial charge is 0.439 e. The van der Waals surface area contributed by atoms with Gasteiger partial charge in [-0.15, -0.1) is 0 Å². The molecule has 1 fully saturated rings. The molecule has 2 heterocycles. The van der Waals surface area contributed by atoms with Crippen LogP contribution in [0.5, 0.6) is 11.6 Å². The average molecular weight is 446 g/mol. The van der Waals surface area contributed by atoms with E-state index in [1.54, 1.807) is 30.2 Å². The van der Waals surface area contributed by atoms with Crippen molar-refractivity contribution in [2.24, 2.45) is 0 Å². The van der Waals surface area contributed by atoms with Gasteiger partial charge < -0.3 is 25.2 Å². The van der Waals surface area contributed by atoms with E-state index < -0.39 is 0 Å². The van der Waals surface area contributed by atoms with E-state index in [1.807, 2.05) is 61.6 Å². The lowest BCUT2D eigenvalue weighted by Gasteiger charge is -2.24. The van der Waals surface area contributed by atoms with E-state index in [2.05, 4.69) is 20.5 Å². The Morgan fingerprint density at radius 3 is 2.36 bits per heavy atom. The zero-order valence-electron chi connectivity index (χ0n) is 18.7. The Bertz CT molecular complexity index is 1090. The highest BCUT2D eigenvalue weighted by Gasteiger charge is 2.27. The topological polar surface area (TPSA) is 86.8 Å². The van der Waals surface area contributed by atoms with Crippen molar-refractivity contribution in [3.63, 3.8) is 0 Å². The van der Waals surface area contributed by atoms with E-state index >= 15 is 0 Å². The molecule has 4 rings (SSSR count). The van der Waals surface area contributed by atoms with Crippen molar-refractivity contribution in [3.05, 3.63) is 72.9 Å². The molecule has 170 valence electrons. The molecule has 0 bridgehead atoms. The zero-order chi connectivity index (χ0) is 23.2. The second-order valence-corrected chi connectivity index (χ2v) is 7.94. The summed E-state index contributed by atoms with van der Waals surface area (Å²) in [7, 11) is 1.85. The zero-order valence-corrected chi connectivity index (χ0v) is 18.7. The third kappa shape index (κ3) is 5.79. The van der Waals surface area contributed by atoms with Crippen LogP contribution in [-0.2, 0) is 4.79 Å². The Morgan fingerprint density at radius 1 is 1.00 bits per heavy atom. The highest BCUT2D eigenvalue weighted by Crippen LogP contribution is 2.25.